The summed E-state index contributed by atoms with van der Waals surface area (Å²) in [4.78, 5) is 26.5. The number of carboxylic acids is 1. The van der Waals surface area contributed by atoms with Crippen molar-refractivity contribution < 1.29 is 14.7 Å². The van der Waals surface area contributed by atoms with E-state index in [2.05, 4.69) is 10.3 Å². The van der Waals surface area contributed by atoms with E-state index in [1.54, 1.807) is 0 Å². The summed E-state index contributed by atoms with van der Waals surface area (Å²) in [7, 11) is 0. The van der Waals surface area contributed by atoms with E-state index in [1.165, 1.54) is 12.1 Å². The number of pyridine rings is 1. The van der Waals surface area contributed by atoms with Gasteiger partial charge in [-0.15, -0.1) is 0 Å². The molecule has 1 aromatic rings. The molecule has 1 aliphatic rings. The first-order chi connectivity index (χ1) is 8.43. The van der Waals surface area contributed by atoms with E-state index in [9.17, 15) is 9.59 Å². The number of hydrogen-bond donors (Lipinski definition) is 2. The van der Waals surface area contributed by atoms with Gasteiger partial charge in [0.1, 0.15) is 10.3 Å². The molecule has 0 atom stereocenters. The normalized spacial score (nSPS) is 16.1. The second kappa shape index (κ2) is 4.74. The lowest BCUT2D eigenvalue weighted by Crippen LogP contribution is -2.34. The van der Waals surface area contributed by atoms with Crippen LogP contribution in [-0.2, 0) is 4.79 Å². The Hall–Kier alpha value is -1.33. The van der Waals surface area contributed by atoms with Gasteiger partial charge in [0.2, 0.25) is 0 Å². The molecule has 18 heavy (non-hydrogen) atoms. The van der Waals surface area contributed by atoms with E-state index in [1.807, 2.05) is 0 Å². The van der Waals surface area contributed by atoms with E-state index in [0.29, 0.717) is 12.8 Å². The highest BCUT2D eigenvalue weighted by molar-refractivity contribution is 6.33. The van der Waals surface area contributed by atoms with Crippen molar-refractivity contribution >= 4 is 35.1 Å². The molecule has 1 fully saturated rings. The van der Waals surface area contributed by atoms with Crippen LogP contribution in [0.15, 0.2) is 12.1 Å². The third-order valence-electron chi connectivity index (χ3n) is 2.92. The SMILES string of the molecule is O=C(NCC1(C(=O)O)CC1)c1cc(Cl)nc(Cl)c1. The van der Waals surface area contributed by atoms with Gasteiger partial charge in [0, 0.05) is 12.1 Å². The fraction of sp³-hybridized carbons (Fsp3) is 0.364. The zero-order valence-electron chi connectivity index (χ0n) is 9.24. The zero-order valence-corrected chi connectivity index (χ0v) is 10.8. The van der Waals surface area contributed by atoms with Gasteiger partial charge < -0.3 is 10.4 Å². The molecule has 96 valence electrons. The van der Waals surface area contributed by atoms with Gasteiger partial charge in [-0.3, -0.25) is 9.59 Å². The van der Waals surface area contributed by atoms with Crippen LogP contribution in [0.4, 0.5) is 0 Å². The largest absolute Gasteiger partial charge is 0.481 e. The Morgan fingerprint density at radius 1 is 1.33 bits per heavy atom. The predicted molar refractivity (Wildman–Crippen MR) is 65.9 cm³/mol. The highest BCUT2D eigenvalue weighted by Crippen LogP contribution is 2.45. The summed E-state index contributed by atoms with van der Waals surface area (Å²) in [6.45, 7) is 0.110. The van der Waals surface area contributed by atoms with Gasteiger partial charge >= 0.3 is 5.97 Å². The average molecular weight is 289 g/mol. The number of aromatic nitrogens is 1. The van der Waals surface area contributed by atoms with Gasteiger partial charge in [-0.25, -0.2) is 4.98 Å². The summed E-state index contributed by atoms with van der Waals surface area (Å²) in [6, 6.07) is 2.76. The van der Waals surface area contributed by atoms with Crippen molar-refractivity contribution in [3.63, 3.8) is 0 Å². The van der Waals surface area contributed by atoms with Crippen molar-refractivity contribution in [3.05, 3.63) is 28.0 Å². The van der Waals surface area contributed by atoms with Crippen molar-refractivity contribution in [3.8, 4) is 0 Å². The van der Waals surface area contributed by atoms with E-state index < -0.39 is 17.3 Å². The first-order valence-electron chi connectivity index (χ1n) is 5.28. The Labute approximate surface area is 113 Å². The van der Waals surface area contributed by atoms with E-state index >= 15 is 0 Å². The van der Waals surface area contributed by atoms with Crippen LogP contribution in [0, 0.1) is 5.41 Å². The molecule has 1 amide bonds. The van der Waals surface area contributed by atoms with Gasteiger partial charge in [-0.2, -0.15) is 0 Å². The summed E-state index contributed by atoms with van der Waals surface area (Å²) in [5, 5.41) is 11.8. The molecule has 0 aromatic carbocycles. The fourth-order valence-electron chi connectivity index (χ4n) is 1.56. The Morgan fingerprint density at radius 2 is 1.89 bits per heavy atom. The van der Waals surface area contributed by atoms with Gasteiger partial charge in [-0.1, -0.05) is 23.2 Å². The molecule has 7 heteroatoms. The maximum Gasteiger partial charge on any atom is 0.311 e. The number of carbonyl (C=O) groups excluding carboxylic acids is 1. The van der Waals surface area contributed by atoms with Crippen molar-refractivity contribution in [1.29, 1.82) is 0 Å². The minimum atomic E-state index is -0.881. The number of rotatable bonds is 4. The van der Waals surface area contributed by atoms with Crippen molar-refractivity contribution in [2.24, 2.45) is 5.41 Å². The molecule has 0 unspecified atom stereocenters. The van der Waals surface area contributed by atoms with Gasteiger partial charge in [0.05, 0.1) is 5.41 Å². The lowest BCUT2D eigenvalue weighted by atomic mass is 10.1. The Balaban J connectivity index is 2.02. The fourth-order valence-corrected chi connectivity index (χ4v) is 2.03. The Bertz CT molecular complexity index is 495. The highest BCUT2D eigenvalue weighted by atomic mass is 35.5. The van der Waals surface area contributed by atoms with Crippen LogP contribution in [0.3, 0.4) is 0 Å². The summed E-state index contributed by atoms with van der Waals surface area (Å²) in [6.07, 6.45) is 1.17. The van der Waals surface area contributed by atoms with E-state index in [0.717, 1.165) is 0 Å². The summed E-state index contributed by atoms with van der Waals surface area (Å²) in [5.41, 5.74) is -0.530. The molecule has 2 rings (SSSR count). The molecule has 1 aromatic heterocycles. The van der Waals surface area contributed by atoms with Crippen LogP contribution in [0.25, 0.3) is 0 Å². The van der Waals surface area contributed by atoms with Crippen molar-refractivity contribution in [1.82, 2.24) is 10.3 Å². The lowest BCUT2D eigenvalue weighted by molar-refractivity contribution is -0.143. The summed E-state index contributed by atoms with van der Waals surface area (Å²) >= 11 is 11.4. The molecule has 5 nitrogen and oxygen atoms in total. The Kier molecular flexibility index (Phi) is 3.45. The molecule has 1 saturated carbocycles. The molecule has 1 aliphatic carbocycles. The number of nitrogens with zero attached hydrogens (tertiary/aromatic N) is 1. The number of aliphatic carboxylic acids is 1. The highest BCUT2D eigenvalue weighted by Gasteiger charge is 2.50. The average Bonchev–Trinajstić information content (AvgIpc) is 3.05. The molecule has 1 heterocycles. The monoisotopic (exact) mass is 288 g/mol. The summed E-state index contributed by atoms with van der Waals surface area (Å²) < 4.78 is 0. The maximum atomic E-state index is 11.8. The second-order valence-electron chi connectivity index (χ2n) is 4.27. The Morgan fingerprint density at radius 3 is 2.33 bits per heavy atom. The minimum Gasteiger partial charge on any atom is -0.481 e. The van der Waals surface area contributed by atoms with Crippen molar-refractivity contribution in [2.45, 2.75) is 12.8 Å². The standard InChI is InChI=1S/C11H10Cl2N2O3/c12-7-3-6(4-8(13)15-7)9(16)14-5-11(1-2-11)10(17)18/h3-4H,1-2,5H2,(H,14,16)(H,17,18). The first kappa shape index (κ1) is 13.1. The van der Waals surface area contributed by atoms with Crippen LogP contribution in [0.2, 0.25) is 10.3 Å². The number of hydrogen-bond acceptors (Lipinski definition) is 3. The molecule has 2 N–H and O–H groups in total. The number of amides is 1. The molecular weight excluding hydrogens is 279 g/mol. The molecule has 0 spiro atoms. The number of halogens is 2. The molecule has 0 aliphatic heterocycles. The van der Waals surface area contributed by atoms with Crippen LogP contribution in [0.5, 0.6) is 0 Å². The van der Waals surface area contributed by atoms with E-state index in [-0.39, 0.29) is 22.4 Å². The van der Waals surface area contributed by atoms with Crippen LogP contribution >= 0.6 is 23.2 Å². The minimum absolute atomic E-state index is 0.110. The van der Waals surface area contributed by atoms with Crippen molar-refractivity contribution in [2.75, 3.05) is 6.54 Å². The van der Waals surface area contributed by atoms with Gasteiger partial charge in [-0.05, 0) is 25.0 Å². The molecule has 0 bridgehead atoms. The number of carbonyl (C=O) groups is 2. The van der Waals surface area contributed by atoms with Crippen LogP contribution in [-0.4, -0.2) is 28.5 Å². The third-order valence-corrected chi connectivity index (χ3v) is 3.31. The van der Waals surface area contributed by atoms with Crippen LogP contribution in [0.1, 0.15) is 23.2 Å². The zero-order chi connectivity index (χ0) is 13.3. The molecule has 0 radical (unpaired) electrons. The molecule has 0 saturated heterocycles. The van der Waals surface area contributed by atoms with E-state index in [4.69, 9.17) is 28.3 Å². The quantitative estimate of drug-likeness (QED) is 0.831. The maximum absolute atomic E-state index is 11.8. The summed E-state index contributed by atoms with van der Waals surface area (Å²) in [5.74, 6) is -1.29. The third kappa shape index (κ3) is 2.73. The smallest absolute Gasteiger partial charge is 0.311 e. The lowest BCUT2D eigenvalue weighted by Gasteiger charge is -2.11. The predicted octanol–water partition coefficient (Wildman–Crippen LogP) is 1.98. The topological polar surface area (TPSA) is 79.3 Å². The second-order valence-corrected chi connectivity index (χ2v) is 5.04. The molecular formula is C11H10Cl2N2O3. The number of nitrogens with one attached hydrogen (secondary N) is 1. The number of carboxylic acid groups (broad SMARTS) is 1. The first-order valence-corrected chi connectivity index (χ1v) is 6.03. The van der Waals surface area contributed by atoms with Gasteiger partial charge in [0.25, 0.3) is 5.91 Å². The van der Waals surface area contributed by atoms with Gasteiger partial charge in [0.15, 0.2) is 0 Å². The van der Waals surface area contributed by atoms with Crippen LogP contribution < -0.4 is 5.32 Å².